The normalized spacial score (nSPS) is 21.9. The predicted molar refractivity (Wildman–Crippen MR) is 76.7 cm³/mol. The van der Waals surface area contributed by atoms with Crippen LogP contribution in [0.1, 0.15) is 47.2 Å². The third-order valence-corrected chi connectivity index (χ3v) is 4.11. The molecule has 1 aliphatic rings. The summed E-state index contributed by atoms with van der Waals surface area (Å²) in [5.74, 6) is -1.56. The van der Waals surface area contributed by atoms with Gasteiger partial charge in [-0.3, -0.25) is 9.59 Å². The zero-order valence-electron chi connectivity index (χ0n) is 12.3. The highest BCUT2D eigenvalue weighted by Crippen LogP contribution is 2.25. The summed E-state index contributed by atoms with van der Waals surface area (Å²) in [5, 5.41) is 11.9. The van der Waals surface area contributed by atoms with Crippen molar-refractivity contribution in [2.45, 2.75) is 45.6 Å². The van der Waals surface area contributed by atoms with Gasteiger partial charge in [-0.25, -0.2) is 4.39 Å². The zero-order chi connectivity index (χ0) is 15.6. The van der Waals surface area contributed by atoms with Crippen LogP contribution in [0.5, 0.6) is 0 Å². The maximum absolute atomic E-state index is 13.6. The second-order valence-electron chi connectivity index (χ2n) is 5.78. The second-order valence-corrected chi connectivity index (χ2v) is 5.78. The van der Waals surface area contributed by atoms with Gasteiger partial charge in [-0.2, -0.15) is 0 Å². The number of aliphatic carboxylic acids is 1. The van der Waals surface area contributed by atoms with E-state index in [0.29, 0.717) is 42.4 Å². The molecule has 1 aliphatic carbocycles. The van der Waals surface area contributed by atoms with E-state index >= 15 is 0 Å². The fourth-order valence-corrected chi connectivity index (χ4v) is 2.83. The highest BCUT2D eigenvalue weighted by atomic mass is 19.1. The van der Waals surface area contributed by atoms with Crippen LogP contribution in [0.3, 0.4) is 0 Å². The van der Waals surface area contributed by atoms with Crippen molar-refractivity contribution in [2.75, 3.05) is 0 Å². The first kappa shape index (κ1) is 15.5. The molecule has 21 heavy (non-hydrogen) atoms. The average molecular weight is 293 g/mol. The number of hydrogen-bond acceptors (Lipinski definition) is 2. The van der Waals surface area contributed by atoms with E-state index in [0.717, 1.165) is 0 Å². The third-order valence-electron chi connectivity index (χ3n) is 4.11. The molecule has 4 nitrogen and oxygen atoms in total. The molecular weight excluding hydrogens is 273 g/mol. The quantitative estimate of drug-likeness (QED) is 0.900. The number of benzene rings is 1. The highest BCUT2D eigenvalue weighted by Gasteiger charge is 2.27. The van der Waals surface area contributed by atoms with E-state index < -0.39 is 5.97 Å². The lowest BCUT2D eigenvalue weighted by Gasteiger charge is -2.26. The van der Waals surface area contributed by atoms with Crippen molar-refractivity contribution in [1.29, 1.82) is 0 Å². The topological polar surface area (TPSA) is 66.4 Å². The van der Waals surface area contributed by atoms with Gasteiger partial charge in [0.2, 0.25) is 0 Å². The van der Waals surface area contributed by atoms with Crippen LogP contribution in [0.15, 0.2) is 12.1 Å². The minimum atomic E-state index is -0.760. The summed E-state index contributed by atoms with van der Waals surface area (Å²) in [6.45, 7) is 3.27. The van der Waals surface area contributed by atoms with Crippen LogP contribution in [0.2, 0.25) is 0 Å². The lowest BCUT2D eigenvalue weighted by atomic mass is 9.86. The summed E-state index contributed by atoms with van der Waals surface area (Å²) < 4.78 is 13.6. The molecule has 0 atom stereocenters. The lowest BCUT2D eigenvalue weighted by Crippen LogP contribution is -2.38. The Morgan fingerprint density at radius 3 is 2.14 bits per heavy atom. The van der Waals surface area contributed by atoms with E-state index in [1.807, 2.05) is 0 Å². The number of carboxylic acid groups (broad SMARTS) is 1. The van der Waals surface area contributed by atoms with E-state index in [1.165, 1.54) is 0 Å². The van der Waals surface area contributed by atoms with E-state index in [1.54, 1.807) is 26.0 Å². The van der Waals surface area contributed by atoms with Crippen molar-refractivity contribution < 1.29 is 19.1 Å². The summed E-state index contributed by atoms with van der Waals surface area (Å²) in [6, 6.07) is 3.08. The molecule has 1 aromatic rings. The van der Waals surface area contributed by atoms with Crippen LogP contribution in [0, 0.1) is 25.6 Å². The lowest BCUT2D eigenvalue weighted by molar-refractivity contribution is -0.142. The molecule has 0 aromatic heterocycles. The molecule has 0 heterocycles. The number of rotatable bonds is 3. The highest BCUT2D eigenvalue weighted by molar-refractivity contribution is 5.94. The number of nitrogens with one attached hydrogen (secondary N) is 1. The molecule has 0 saturated heterocycles. The van der Waals surface area contributed by atoms with Gasteiger partial charge in [0.25, 0.3) is 5.91 Å². The number of carboxylic acids is 1. The Bertz CT molecular complexity index is 540. The number of amides is 1. The van der Waals surface area contributed by atoms with Gasteiger partial charge in [0.05, 0.1) is 5.92 Å². The number of carbonyl (C=O) groups excluding carboxylic acids is 1. The molecule has 0 aliphatic heterocycles. The maximum atomic E-state index is 13.6. The minimum Gasteiger partial charge on any atom is -0.481 e. The van der Waals surface area contributed by atoms with E-state index in [9.17, 15) is 14.0 Å². The molecule has 0 spiro atoms. The number of carbonyl (C=O) groups is 2. The van der Waals surface area contributed by atoms with Gasteiger partial charge in [0, 0.05) is 11.6 Å². The van der Waals surface area contributed by atoms with Crippen molar-refractivity contribution in [3.8, 4) is 0 Å². The van der Waals surface area contributed by atoms with Crippen LogP contribution in [-0.4, -0.2) is 23.0 Å². The predicted octanol–water partition coefficient (Wildman–Crippen LogP) is 2.82. The molecule has 1 fully saturated rings. The molecule has 0 unspecified atom stereocenters. The summed E-state index contributed by atoms with van der Waals surface area (Å²) in [4.78, 5) is 23.1. The van der Waals surface area contributed by atoms with Gasteiger partial charge in [-0.15, -0.1) is 0 Å². The molecule has 114 valence electrons. The maximum Gasteiger partial charge on any atom is 0.306 e. The fourth-order valence-electron chi connectivity index (χ4n) is 2.83. The van der Waals surface area contributed by atoms with Gasteiger partial charge < -0.3 is 10.4 Å². The van der Waals surface area contributed by atoms with Crippen LogP contribution in [0.4, 0.5) is 4.39 Å². The summed E-state index contributed by atoms with van der Waals surface area (Å²) in [7, 11) is 0. The molecule has 1 saturated carbocycles. The van der Waals surface area contributed by atoms with Gasteiger partial charge in [0.1, 0.15) is 5.82 Å². The van der Waals surface area contributed by atoms with Crippen molar-refractivity contribution in [3.63, 3.8) is 0 Å². The van der Waals surface area contributed by atoms with E-state index in [4.69, 9.17) is 5.11 Å². The average Bonchev–Trinajstić information content (AvgIpc) is 2.44. The molecule has 0 radical (unpaired) electrons. The molecule has 2 N–H and O–H groups in total. The fraction of sp³-hybridized carbons (Fsp3) is 0.500. The van der Waals surface area contributed by atoms with Crippen LogP contribution < -0.4 is 5.32 Å². The largest absolute Gasteiger partial charge is 0.481 e. The molecule has 2 rings (SSSR count). The van der Waals surface area contributed by atoms with E-state index in [-0.39, 0.29) is 23.7 Å². The summed E-state index contributed by atoms with van der Waals surface area (Å²) in [5.41, 5.74) is 1.36. The summed E-state index contributed by atoms with van der Waals surface area (Å²) in [6.07, 6.45) is 2.51. The van der Waals surface area contributed by atoms with Gasteiger partial charge in [0.15, 0.2) is 0 Å². The Morgan fingerprint density at radius 2 is 1.67 bits per heavy atom. The third kappa shape index (κ3) is 3.60. The Labute approximate surface area is 123 Å². The van der Waals surface area contributed by atoms with Crippen molar-refractivity contribution in [2.24, 2.45) is 5.92 Å². The molecule has 0 bridgehead atoms. The number of hydrogen-bond donors (Lipinski definition) is 2. The van der Waals surface area contributed by atoms with Gasteiger partial charge in [-0.1, -0.05) is 0 Å². The molecular formula is C16H20FNO3. The van der Waals surface area contributed by atoms with Crippen LogP contribution >= 0.6 is 0 Å². The van der Waals surface area contributed by atoms with E-state index in [2.05, 4.69) is 5.32 Å². The van der Waals surface area contributed by atoms with Crippen LogP contribution in [0.25, 0.3) is 0 Å². The van der Waals surface area contributed by atoms with Crippen molar-refractivity contribution >= 4 is 11.9 Å². The van der Waals surface area contributed by atoms with Crippen molar-refractivity contribution in [3.05, 3.63) is 34.6 Å². The second kappa shape index (κ2) is 6.24. The monoisotopic (exact) mass is 293 g/mol. The molecule has 5 heteroatoms. The zero-order valence-corrected chi connectivity index (χ0v) is 12.3. The number of halogens is 1. The first-order chi connectivity index (χ1) is 9.88. The minimum absolute atomic E-state index is 0.00114. The van der Waals surface area contributed by atoms with Gasteiger partial charge >= 0.3 is 5.97 Å². The first-order valence-electron chi connectivity index (χ1n) is 7.19. The molecule has 1 aromatic carbocycles. The molecule has 1 amide bonds. The van der Waals surface area contributed by atoms with Crippen molar-refractivity contribution in [1.82, 2.24) is 5.32 Å². The van der Waals surface area contributed by atoms with Crippen LogP contribution in [-0.2, 0) is 4.79 Å². The Morgan fingerprint density at radius 1 is 1.14 bits per heavy atom. The Hall–Kier alpha value is -1.91. The standard InChI is InChI=1S/C16H20FNO3/c1-9-7-12(8-10(2)14(9)17)15(19)18-13-5-3-11(4-6-13)16(20)21/h7-8,11,13H,3-6H2,1-2H3,(H,18,19)(H,20,21). The smallest absolute Gasteiger partial charge is 0.306 e. The Kier molecular flexibility index (Phi) is 4.60. The summed E-state index contributed by atoms with van der Waals surface area (Å²) >= 11 is 0. The Balaban J connectivity index is 1.98. The number of aryl methyl sites for hydroxylation is 2. The first-order valence-corrected chi connectivity index (χ1v) is 7.19. The van der Waals surface area contributed by atoms with Gasteiger partial charge in [-0.05, 0) is 62.8 Å². The SMILES string of the molecule is Cc1cc(C(=O)NC2CCC(C(=O)O)CC2)cc(C)c1F.